The molecule has 0 saturated carbocycles. The van der Waals surface area contributed by atoms with E-state index in [1.54, 1.807) is 0 Å². The summed E-state index contributed by atoms with van der Waals surface area (Å²) in [6.07, 6.45) is 1.88. The highest BCUT2D eigenvalue weighted by Gasteiger charge is 2.36. The Bertz CT molecular complexity index is 543. The molecule has 0 bridgehead atoms. The minimum Gasteiger partial charge on any atom is -0.481 e. The van der Waals surface area contributed by atoms with Gasteiger partial charge in [0.2, 0.25) is 0 Å². The molecule has 0 unspecified atom stereocenters. The molecule has 0 aliphatic carbocycles. The fraction of sp³-hybridized carbons (Fsp3) is 0.588. The van der Waals surface area contributed by atoms with Gasteiger partial charge in [0.1, 0.15) is 0 Å². The Morgan fingerprint density at radius 3 is 2.35 bits per heavy atom. The third-order valence-corrected chi connectivity index (χ3v) is 5.35. The van der Waals surface area contributed by atoms with Gasteiger partial charge in [-0.05, 0) is 43.5 Å². The van der Waals surface area contributed by atoms with Crippen LogP contribution in [0.2, 0.25) is 5.02 Å². The maximum Gasteiger partial charge on any atom is 0.310 e. The maximum atomic E-state index is 11.3. The summed E-state index contributed by atoms with van der Waals surface area (Å²) in [4.78, 5) is 15.9. The first kappa shape index (κ1) is 16.6. The number of aliphatic hydroxyl groups excluding tert-OH is 1. The van der Waals surface area contributed by atoms with Crippen molar-refractivity contribution in [3.63, 3.8) is 0 Å². The normalized spacial score (nSPS) is 27.1. The van der Waals surface area contributed by atoms with E-state index >= 15 is 0 Å². The number of carboxylic acids is 1. The van der Waals surface area contributed by atoms with Gasteiger partial charge in [-0.15, -0.1) is 0 Å². The highest BCUT2D eigenvalue weighted by atomic mass is 35.5. The average molecular weight is 339 g/mol. The number of aliphatic hydroxyl groups is 1. The first-order chi connectivity index (χ1) is 11.0. The molecule has 3 rings (SSSR count). The maximum absolute atomic E-state index is 11.3. The molecular formula is C17H23ClN2O3. The minimum absolute atomic E-state index is 0.410. The van der Waals surface area contributed by atoms with E-state index in [4.69, 9.17) is 11.6 Å². The Kier molecular flexibility index (Phi) is 5.09. The molecule has 1 aromatic rings. The minimum atomic E-state index is -0.888. The molecule has 2 saturated heterocycles. The van der Waals surface area contributed by atoms with E-state index in [1.807, 2.05) is 24.3 Å². The van der Waals surface area contributed by atoms with Crippen LogP contribution in [-0.2, 0) is 4.79 Å². The van der Waals surface area contributed by atoms with Crippen LogP contribution in [-0.4, -0.2) is 59.4 Å². The Balaban J connectivity index is 1.56. The molecule has 5 nitrogen and oxygen atoms in total. The zero-order valence-electron chi connectivity index (χ0n) is 13.1. The number of hydrogen-bond acceptors (Lipinski definition) is 4. The van der Waals surface area contributed by atoms with Crippen molar-refractivity contribution in [1.82, 2.24) is 4.90 Å². The largest absolute Gasteiger partial charge is 0.481 e. The Hall–Kier alpha value is -1.30. The van der Waals surface area contributed by atoms with Gasteiger partial charge in [-0.1, -0.05) is 11.6 Å². The zero-order valence-corrected chi connectivity index (χ0v) is 13.8. The Labute approximate surface area is 141 Å². The number of carboxylic acid groups (broad SMARTS) is 1. The third kappa shape index (κ3) is 3.79. The van der Waals surface area contributed by atoms with E-state index in [2.05, 4.69) is 9.80 Å². The molecule has 0 radical (unpaired) electrons. The quantitative estimate of drug-likeness (QED) is 0.883. The number of aliphatic carboxylic acids is 1. The van der Waals surface area contributed by atoms with Gasteiger partial charge in [0, 0.05) is 42.9 Å². The van der Waals surface area contributed by atoms with E-state index < -0.39 is 18.0 Å². The van der Waals surface area contributed by atoms with Crippen molar-refractivity contribution in [3.8, 4) is 0 Å². The number of likely N-dealkylation sites (tertiary alicyclic amines) is 1. The summed E-state index contributed by atoms with van der Waals surface area (Å²) >= 11 is 5.93. The molecule has 1 aromatic carbocycles. The number of benzene rings is 1. The van der Waals surface area contributed by atoms with Gasteiger partial charge in [0.25, 0.3) is 0 Å². The molecule has 2 heterocycles. The molecule has 0 spiro atoms. The Morgan fingerprint density at radius 2 is 1.74 bits per heavy atom. The first-order valence-corrected chi connectivity index (χ1v) is 8.58. The summed E-state index contributed by atoms with van der Waals surface area (Å²) < 4.78 is 0. The van der Waals surface area contributed by atoms with E-state index in [-0.39, 0.29) is 0 Å². The molecule has 126 valence electrons. The van der Waals surface area contributed by atoms with Gasteiger partial charge in [-0.25, -0.2) is 0 Å². The van der Waals surface area contributed by atoms with Crippen molar-refractivity contribution in [2.24, 2.45) is 5.92 Å². The molecule has 2 atom stereocenters. The van der Waals surface area contributed by atoms with E-state index in [9.17, 15) is 15.0 Å². The van der Waals surface area contributed by atoms with Gasteiger partial charge < -0.3 is 15.1 Å². The van der Waals surface area contributed by atoms with Gasteiger partial charge in [0.05, 0.1) is 12.0 Å². The van der Waals surface area contributed by atoms with E-state index in [1.165, 1.54) is 5.69 Å². The molecule has 2 aliphatic rings. The van der Waals surface area contributed by atoms with Crippen molar-refractivity contribution < 1.29 is 15.0 Å². The fourth-order valence-electron chi connectivity index (χ4n) is 3.68. The summed E-state index contributed by atoms with van der Waals surface area (Å²) in [6.45, 7) is 3.17. The SMILES string of the molecule is O=C(O)[C@H]1CN(C2CCN(c3ccc(Cl)cc3)CC2)CC[C@H]1O. The van der Waals surface area contributed by atoms with Crippen molar-refractivity contribution in [2.45, 2.75) is 31.4 Å². The molecular weight excluding hydrogens is 316 g/mol. The number of carbonyl (C=O) groups is 1. The molecule has 23 heavy (non-hydrogen) atoms. The van der Waals surface area contributed by atoms with Gasteiger partial charge in [-0.3, -0.25) is 9.69 Å². The molecule has 0 amide bonds. The lowest BCUT2D eigenvalue weighted by molar-refractivity contribution is -0.149. The standard InChI is InChI=1S/C17H23ClN2O3/c18-12-1-3-13(4-2-12)19-8-5-14(6-9-19)20-10-7-16(21)15(11-20)17(22)23/h1-4,14-16,21H,5-11H2,(H,22,23)/t15-,16+/m0/s1. The van der Waals surface area contributed by atoms with E-state index in [0.29, 0.717) is 19.0 Å². The van der Waals surface area contributed by atoms with Crippen LogP contribution in [0, 0.1) is 5.92 Å². The number of hydrogen-bond donors (Lipinski definition) is 2. The van der Waals surface area contributed by atoms with Crippen LogP contribution in [0.5, 0.6) is 0 Å². The zero-order chi connectivity index (χ0) is 16.4. The highest BCUT2D eigenvalue weighted by Crippen LogP contribution is 2.27. The Morgan fingerprint density at radius 1 is 1.09 bits per heavy atom. The average Bonchev–Trinajstić information content (AvgIpc) is 2.56. The second-order valence-corrected chi connectivity index (χ2v) is 6.93. The van der Waals surface area contributed by atoms with Crippen molar-refractivity contribution in [2.75, 3.05) is 31.1 Å². The number of halogens is 1. The van der Waals surface area contributed by atoms with Crippen LogP contribution >= 0.6 is 11.6 Å². The number of rotatable bonds is 3. The summed E-state index contributed by atoms with van der Waals surface area (Å²) in [5.74, 6) is -1.54. The lowest BCUT2D eigenvalue weighted by Gasteiger charge is -2.43. The van der Waals surface area contributed by atoms with Gasteiger partial charge >= 0.3 is 5.97 Å². The number of nitrogens with zero attached hydrogens (tertiary/aromatic N) is 2. The number of piperidine rings is 2. The summed E-state index contributed by atoms with van der Waals surface area (Å²) in [7, 11) is 0. The fourth-order valence-corrected chi connectivity index (χ4v) is 3.81. The van der Waals surface area contributed by atoms with Crippen LogP contribution in [0.25, 0.3) is 0 Å². The first-order valence-electron chi connectivity index (χ1n) is 8.20. The number of anilines is 1. The summed E-state index contributed by atoms with van der Waals surface area (Å²) in [5, 5.41) is 19.8. The monoisotopic (exact) mass is 338 g/mol. The lowest BCUT2D eigenvalue weighted by Crippen LogP contribution is -2.53. The van der Waals surface area contributed by atoms with Gasteiger partial charge in [0.15, 0.2) is 0 Å². The van der Waals surface area contributed by atoms with Crippen molar-refractivity contribution in [1.29, 1.82) is 0 Å². The molecule has 2 fully saturated rings. The van der Waals surface area contributed by atoms with Crippen LogP contribution in [0.15, 0.2) is 24.3 Å². The van der Waals surface area contributed by atoms with Crippen LogP contribution < -0.4 is 4.90 Å². The van der Waals surface area contributed by atoms with Crippen LogP contribution in [0.4, 0.5) is 5.69 Å². The smallest absolute Gasteiger partial charge is 0.310 e. The summed E-state index contributed by atoms with van der Waals surface area (Å²) in [6, 6.07) is 8.31. The molecule has 0 aromatic heterocycles. The highest BCUT2D eigenvalue weighted by molar-refractivity contribution is 6.30. The predicted molar refractivity (Wildman–Crippen MR) is 90.0 cm³/mol. The van der Waals surface area contributed by atoms with Gasteiger partial charge in [-0.2, -0.15) is 0 Å². The van der Waals surface area contributed by atoms with Crippen molar-refractivity contribution >= 4 is 23.3 Å². The lowest BCUT2D eigenvalue weighted by atomic mass is 9.91. The molecule has 2 N–H and O–H groups in total. The molecule has 6 heteroatoms. The van der Waals surface area contributed by atoms with Crippen LogP contribution in [0.3, 0.4) is 0 Å². The second-order valence-electron chi connectivity index (χ2n) is 6.49. The summed E-state index contributed by atoms with van der Waals surface area (Å²) in [5.41, 5.74) is 1.19. The van der Waals surface area contributed by atoms with Crippen LogP contribution in [0.1, 0.15) is 19.3 Å². The molecule has 2 aliphatic heterocycles. The second kappa shape index (κ2) is 7.07. The third-order valence-electron chi connectivity index (χ3n) is 5.10. The topological polar surface area (TPSA) is 64.0 Å². The predicted octanol–water partition coefficient (Wildman–Crippen LogP) is 2.08. The van der Waals surface area contributed by atoms with E-state index in [0.717, 1.165) is 37.5 Å². The van der Waals surface area contributed by atoms with Crippen molar-refractivity contribution in [3.05, 3.63) is 29.3 Å².